The molecule has 2 N–H and O–H groups in total. The van der Waals surface area contributed by atoms with Gasteiger partial charge in [-0.15, -0.1) is 11.3 Å². The van der Waals surface area contributed by atoms with E-state index in [2.05, 4.69) is 15.6 Å². The fourth-order valence-electron chi connectivity index (χ4n) is 1.96. The van der Waals surface area contributed by atoms with Crippen molar-refractivity contribution in [2.45, 2.75) is 32.9 Å². The van der Waals surface area contributed by atoms with Crippen LogP contribution < -0.4 is 10.6 Å². The van der Waals surface area contributed by atoms with E-state index in [1.54, 1.807) is 11.3 Å². The molecule has 1 aromatic heterocycles. The van der Waals surface area contributed by atoms with Gasteiger partial charge in [0, 0.05) is 23.9 Å². The molecule has 0 bridgehead atoms. The van der Waals surface area contributed by atoms with Crippen LogP contribution in [0.4, 0.5) is 0 Å². The zero-order chi connectivity index (χ0) is 13.0. The van der Waals surface area contributed by atoms with E-state index in [9.17, 15) is 4.79 Å². The van der Waals surface area contributed by atoms with Gasteiger partial charge < -0.3 is 15.4 Å². The molecule has 6 heteroatoms. The average Bonchev–Trinajstić information content (AvgIpc) is 2.66. The summed E-state index contributed by atoms with van der Waals surface area (Å²) >= 11 is 1.64. The summed E-state index contributed by atoms with van der Waals surface area (Å²) in [6, 6.07) is 0.142. The van der Waals surface area contributed by atoms with E-state index in [1.165, 1.54) is 0 Å². The van der Waals surface area contributed by atoms with Crippen LogP contribution in [-0.4, -0.2) is 36.7 Å². The smallest absolute Gasteiger partial charge is 0.221 e. The number of rotatable bonds is 4. The van der Waals surface area contributed by atoms with E-state index in [-0.39, 0.29) is 11.9 Å². The molecule has 18 heavy (non-hydrogen) atoms. The lowest BCUT2D eigenvalue weighted by atomic mass is 10.2. The Bertz CT molecular complexity index is 413. The zero-order valence-corrected chi connectivity index (χ0v) is 11.6. The highest BCUT2D eigenvalue weighted by Crippen LogP contribution is 2.16. The SMILES string of the molecule is Cc1nc(C)c(CNC(=O)CC2COCCN2)s1. The molecule has 0 spiro atoms. The van der Waals surface area contributed by atoms with Crippen molar-refractivity contribution in [3.63, 3.8) is 0 Å². The summed E-state index contributed by atoms with van der Waals surface area (Å²) in [5, 5.41) is 7.25. The second-order valence-electron chi connectivity index (χ2n) is 4.45. The lowest BCUT2D eigenvalue weighted by Crippen LogP contribution is -2.44. The van der Waals surface area contributed by atoms with Gasteiger partial charge in [-0.3, -0.25) is 4.79 Å². The van der Waals surface area contributed by atoms with Gasteiger partial charge >= 0.3 is 0 Å². The number of hydrogen-bond acceptors (Lipinski definition) is 5. The predicted molar refractivity (Wildman–Crippen MR) is 70.7 cm³/mol. The van der Waals surface area contributed by atoms with Crippen molar-refractivity contribution in [1.29, 1.82) is 0 Å². The van der Waals surface area contributed by atoms with Gasteiger partial charge in [0.05, 0.1) is 30.5 Å². The normalized spacial score (nSPS) is 19.8. The number of nitrogens with zero attached hydrogens (tertiary/aromatic N) is 1. The molecule has 1 saturated heterocycles. The summed E-state index contributed by atoms with van der Waals surface area (Å²) < 4.78 is 5.32. The van der Waals surface area contributed by atoms with E-state index in [0.717, 1.165) is 28.7 Å². The van der Waals surface area contributed by atoms with Crippen molar-refractivity contribution in [3.8, 4) is 0 Å². The minimum atomic E-state index is 0.0588. The number of hydrogen-bond donors (Lipinski definition) is 2. The Hall–Kier alpha value is -0.980. The number of carbonyl (C=O) groups excluding carboxylic acids is 1. The number of carbonyl (C=O) groups is 1. The molecule has 1 amide bonds. The highest BCUT2D eigenvalue weighted by atomic mass is 32.1. The van der Waals surface area contributed by atoms with Crippen molar-refractivity contribution >= 4 is 17.2 Å². The van der Waals surface area contributed by atoms with Gasteiger partial charge in [0.15, 0.2) is 0 Å². The maximum absolute atomic E-state index is 11.8. The Morgan fingerprint density at radius 2 is 2.44 bits per heavy atom. The Morgan fingerprint density at radius 3 is 3.06 bits per heavy atom. The number of morpholine rings is 1. The van der Waals surface area contributed by atoms with Crippen molar-refractivity contribution in [3.05, 3.63) is 15.6 Å². The third-order valence-electron chi connectivity index (χ3n) is 2.88. The molecule has 5 nitrogen and oxygen atoms in total. The molecule has 1 aliphatic rings. The van der Waals surface area contributed by atoms with Crippen molar-refractivity contribution in [2.75, 3.05) is 19.8 Å². The Morgan fingerprint density at radius 1 is 1.61 bits per heavy atom. The fraction of sp³-hybridized carbons (Fsp3) is 0.667. The molecule has 1 atom stereocenters. The number of aryl methyl sites for hydroxylation is 2. The largest absolute Gasteiger partial charge is 0.378 e. The molecule has 0 radical (unpaired) electrons. The summed E-state index contributed by atoms with van der Waals surface area (Å²) in [5.41, 5.74) is 1.01. The van der Waals surface area contributed by atoms with Crippen LogP contribution in [0.25, 0.3) is 0 Å². The number of amides is 1. The first kappa shape index (κ1) is 13.5. The summed E-state index contributed by atoms with van der Waals surface area (Å²) in [6.07, 6.45) is 0.469. The third-order valence-corrected chi connectivity index (χ3v) is 3.95. The van der Waals surface area contributed by atoms with Crippen LogP contribution in [0.15, 0.2) is 0 Å². The van der Waals surface area contributed by atoms with E-state index < -0.39 is 0 Å². The second-order valence-corrected chi connectivity index (χ2v) is 5.74. The summed E-state index contributed by atoms with van der Waals surface area (Å²) in [5.74, 6) is 0.0588. The van der Waals surface area contributed by atoms with Crippen molar-refractivity contribution in [1.82, 2.24) is 15.6 Å². The molecule has 1 aliphatic heterocycles. The molecule has 0 aromatic carbocycles. The van der Waals surface area contributed by atoms with Crippen molar-refractivity contribution < 1.29 is 9.53 Å². The third kappa shape index (κ3) is 3.76. The van der Waals surface area contributed by atoms with Crippen LogP contribution in [-0.2, 0) is 16.1 Å². The van der Waals surface area contributed by atoms with Crippen LogP contribution in [0.3, 0.4) is 0 Å². The molecule has 0 aliphatic carbocycles. The molecular formula is C12H19N3O2S. The molecule has 100 valence electrons. The summed E-state index contributed by atoms with van der Waals surface area (Å²) in [7, 11) is 0. The van der Waals surface area contributed by atoms with Gasteiger partial charge in [0.1, 0.15) is 0 Å². The minimum absolute atomic E-state index is 0.0588. The van der Waals surface area contributed by atoms with E-state index in [1.807, 2.05) is 13.8 Å². The Labute approximate surface area is 111 Å². The van der Waals surface area contributed by atoms with Gasteiger partial charge in [-0.25, -0.2) is 4.98 Å². The number of aromatic nitrogens is 1. The second kappa shape index (κ2) is 6.26. The van der Waals surface area contributed by atoms with Gasteiger partial charge in [0.25, 0.3) is 0 Å². The number of nitrogens with one attached hydrogen (secondary N) is 2. The molecule has 2 heterocycles. The molecule has 0 saturated carbocycles. The van der Waals surface area contributed by atoms with Gasteiger partial charge in [-0.05, 0) is 13.8 Å². The van der Waals surface area contributed by atoms with E-state index in [4.69, 9.17) is 4.74 Å². The first-order chi connectivity index (χ1) is 8.65. The molecular weight excluding hydrogens is 250 g/mol. The van der Waals surface area contributed by atoms with E-state index >= 15 is 0 Å². The van der Waals surface area contributed by atoms with Crippen LogP contribution in [0.1, 0.15) is 22.0 Å². The standard InChI is InChI=1S/C12H19N3O2S/c1-8-11(18-9(2)15-8)6-14-12(16)5-10-7-17-4-3-13-10/h10,13H,3-7H2,1-2H3,(H,14,16). The number of ether oxygens (including phenoxy) is 1. The average molecular weight is 269 g/mol. The lowest BCUT2D eigenvalue weighted by molar-refractivity contribution is -0.122. The van der Waals surface area contributed by atoms with Crippen molar-refractivity contribution in [2.24, 2.45) is 0 Å². The lowest BCUT2D eigenvalue weighted by Gasteiger charge is -2.23. The molecule has 1 aromatic rings. The highest BCUT2D eigenvalue weighted by Gasteiger charge is 2.17. The monoisotopic (exact) mass is 269 g/mol. The van der Waals surface area contributed by atoms with Gasteiger partial charge in [0.2, 0.25) is 5.91 Å². The van der Waals surface area contributed by atoms with Crippen LogP contribution in [0.5, 0.6) is 0 Å². The fourth-order valence-corrected chi connectivity index (χ4v) is 2.84. The summed E-state index contributed by atoms with van der Waals surface area (Å²) in [6.45, 7) is 6.70. The molecule has 1 unspecified atom stereocenters. The zero-order valence-electron chi connectivity index (χ0n) is 10.8. The maximum atomic E-state index is 11.8. The summed E-state index contributed by atoms with van der Waals surface area (Å²) in [4.78, 5) is 17.3. The number of thiazole rings is 1. The quantitative estimate of drug-likeness (QED) is 0.847. The minimum Gasteiger partial charge on any atom is -0.378 e. The Kier molecular flexibility index (Phi) is 4.68. The van der Waals surface area contributed by atoms with Crippen LogP contribution in [0, 0.1) is 13.8 Å². The Balaban J connectivity index is 1.75. The maximum Gasteiger partial charge on any atom is 0.221 e. The van der Waals surface area contributed by atoms with E-state index in [0.29, 0.717) is 19.6 Å². The molecule has 1 fully saturated rings. The van der Waals surface area contributed by atoms with Gasteiger partial charge in [-0.1, -0.05) is 0 Å². The van der Waals surface area contributed by atoms with Crippen LogP contribution >= 0.6 is 11.3 Å². The van der Waals surface area contributed by atoms with Crippen LogP contribution in [0.2, 0.25) is 0 Å². The molecule has 2 rings (SSSR count). The first-order valence-electron chi connectivity index (χ1n) is 6.16. The topological polar surface area (TPSA) is 63.2 Å². The van der Waals surface area contributed by atoms with Gasteiger partial charge in [-0.2, -0.15) is 0 Å². The highest BCUT2D eigenvalue weighted by molar-refractivity contribution is 7.11. The first-order valence-corrected chi connectivity index (χ1v) is 6.97. The predicted octanol–water partition coefficient (Wildman–Crippen LogP) is 0.755.